The van der Waals surface area contributed by atoms with Crippen LogP contribution in [0, 0.1) is 0 Å². The lowest BCUT2D eigenvalue weighted by atomic mass is 10.2. The molecular weight excluding hydrogens is 388 g/mol. The molecule has 0 aliphatic carbocycles. The van der Waals surface area contributed by atoms with Gasteiger partial charge in [-0.15, -0.1) is 0 Å². The van der Waals surface area contributed by atoms with E-state index in [0.29, 0.717) is 16.7 Å². The summed E-state index contributed by atoms with van der Waals surface area (Å²) in [6.45, 7) is 5.34. The number of aryl methyl sites for hydroxylation is 2. The molecule has 2 aromatic rings. The van der Waals surface area contributed by atoms with Crippen molar-refractivity contribution in [1.82, 2.24) is 19.6 Å². The fraction of sp³-hybridized carbons (Fsp3) is 0.308. The summed E-state index contributed by atoms with van der Waals surface area (Å²) in [5.74, 6) is -0.0908. The zero-order valence-corrected chi connectivity index (χ0v) is 14.3. The van der Waals surface area contributed by atoms with Gasteiger partial charge in [-0.3, -0.25) is 14.2 Å². The van der Waals surface area contributed by atoms with Crippen LogP contribution >= 0.6 is 31.9 Å². The molecule has 2 aromatic heterocycles. The number of hydrogen-bond acceptors (Lipinski definition) is 3. The van der Waals surface area contributed by atoms with Gasteiger partial charge in [-0.2, -0.15) is 10.2 Å². The predicted octanol–water partition coefficient (Wildman–Crippen LogP) is 3.54. The van der Waals surface area contributed by atoms with Gasteiger partial charge in [0, 0.05) is 13.1 Å². The lowest BCUT2D eigenvalue weighted by Gasteiger charge is -2.02. The van der Waals surface area contributed by atoms with Gasteiger partial charge >= 0.3 is 0 Å². The van der Waals surface area contributed by atoms with Crippen LogP contribution in [0.15, 0.2) is 27.4 Å². The fourth-order valence-electron chi connectivity index (χ4n) is 1.87. The number of halogens is 2. The number of aromatic nitrogens is 4. The Morgan fingerprint density at radius 2 is 1.75 bits per heavy atom. The van der Waals surface area contributed by atoms with Gasteiger partial charge < -0.3 is 0 Å². The maximum Gasteiger partial charge on any atom is 0.205 e. The molecule has 0 atom stereocenters. The molecule has 2 rings (SSSR count). The van der Waals surface area contributed by atoms with E-state index < -0.39 is 0 Å². The Hall–Kier alpha value is -1.21. The highest BCUT2D eigenvalue weighted by molar-refractivity contribution is 9.10. The van der Waals surface area contributed by atoms with Crippen molar-refractivity contribution >= 4 is 43.7 Å². The Morgan fingerprint density at radius 1 is 1.15 bits per heavy atom. The first-order valence-corrected chi connectivity index (χ1v) is 7.82. The third-order valence-corrected chi connectivity index (χ3v) is 4.04. The lowest BCUT2D eigenvalue weighted by molar-refractivity contribution is 0.103. The van der Waals surface area contributed by atoms with E-state index in [1.54, 1.807) is 29.2 Å². The zero-order valence-electron chi connectivity index (χ0n) is 11.2. The molecule has 0 bridgehead atoms. The molecule has 0 saturated heterocycles. The van der Waals surface area contributed by atoms with Gasteiger partial charge in [-0.05, 0) is 57.9 Å². The first kappa shape index (κ1) is 15.2. The van der Waals surface area contributed by atoms with E-state index in [-0.39, 0.29) is 5.78 Å². The Kier molecular flexibility index (Phi) is 4.93. The number of hydrogen-bond donors (Lipinski definition) is 0. The number of nitrogens with zero attached hydrogens (tertiary/aromatic N) is 4. The minimum atomic E-state index is -0.0908. The highest BCUT2D eigenvalue weighted by atomic mass is 79.9. The molecule has 20 heavy (non-hydrogen) atoms. The highest BCUT2D eigenvalue weighted by Crippen LogP contribution is 2.20. The Balaban J connectivity index is 2.29. The van der Waals surface area contributed by atoms with Crippen molar-refractivity contribution in [1.29, 1.82) is 0 Å². The summed E-state index contributed by atoms with van der Waals surface area (Å²) in [6, 6.07) is 0. The third kappa shape index (κ3) is 2.93. The summed E-state index contributed by atoms with van der Waals surface area (Å²) in [5.41, 5.74) is 1.43. The first-order chi connectivity index (χ1) is 9.58. The van der Waals surface area contributed by atoms with Gasteiger partial charge in [0.2, 0.25) is 5.78 Å². The van der Waals surface area contributed by atoms with Crippen LogP contribution in [0.1, 0.15) is 30.0 Å². The SMILES string of the molecule is CCn1ncc(Br)c1/C=C/C(=O)c1c(Br)cnn1CC. The lowest BCUT2D eigenvalue weighted by Crippen LogP contribution is -2.08. The van der Waals surface area contributed by atoms with Crippen LogP contribution in [-0.2, 0) is 13.1 Å². The molecule has 2 heterocycles. The van der Waals surface area contributed by atoms with Gasteiger partial charge in [0.1, 0.15) is 5.69 Å². The molecule has 0 aromatic carbocycles. The molecule has 0 N–H and O–H groups in total. The van der Waals surface area contributed by atoms with E-state index in [1.165, 1.54) is 0 Å². The van der Waals surface area contributed by atoms with Crippen molar-refractivity contribution < 1.29 is 4.79 Å². The molecule has 0 radical (unpaired) electrons. The number of carbonyl (C=O) groups excluding carboxylic acids is 1. The van der Waals surface area contributed by atoms with E-state index in [9.17, 15) is 4.79 Å². The van der Waals surface area contributed by atoms with E-state index in [4.69, 9.17) is 0 Å². The monoisotopic (exact) mass is 400 g/mol. The Labute approximate surface area is 133 Å². The second-order valence-corrected chi connectivity index (χ2v) is 5.76. The fourth-order valence-corrected chi connectivity index (χ4v) is 2.79. The second-order valence-electron chi connectivity index (χ2n) is 4.05. The third-order valence-electron chi connectivity index (χ3n) is 2.85. The average molecular weight is 402 g/mol. The molecule has 0 amide bonds. The average Bonchev–Trinajstić information content (AvgIpc) is 2.99. The highest BCUT2D eigenvalue weighted by Gasteiger charge is 2.14. The summed E-state index contributed by atoms with van der Waals surface area (Å²) in [4.78, 5) is 12.3. The van der Waals surface area contributed by atoms with Crippen LogP contribution < -0.4 is 0 Å². The minimum absolute atomic E-state index is 0.0908. The van der Waals surface area contributed by atoms with Crippen LogP contribution in [0.5, 0.6) is 0 Å². The van der Waals surface area contributed by atoms with Gasteiger partial charge in [-0.1, -0.05) is 0 Å². The van der Waals surface area contributed by atoms with E-state index in [1.807, 2.05) is 18.5 Å². The molecule has 106 valence electrons. The smallest absolute Gasteiger partial charge is 0.205 e. The summed E-state index contributed by atoms with van der Waals surface area (Å²) >= 11 is 6.78. The molecule has 0 aliphatic rings. The summed E-state index contributed by atoms with van der Waals surface area (Å²) in [7, 11) is 0. The van der Waals surface area contributed by atoms with Crippen molar-refractivity contribution in [2.75, 3.05) is 0 Å². The van der Waals surface area contributed by atoms with Gasteiger partial charge in [0.15, 0.2) is 0 Å². The molecule has 5 nitrogen and oxygen atoms in total. The topological polar surface area (TPSA) is 52.7 Å². The van der Waals surface area contributed by atoms with Crippen molar-refractivity contribution in [2.45, 2.75) is 26.9 Å². The van der Waals surface area contributed by atoms with Gasteiger partial charge in [0.05, 0.1) is 27.0 Å². The summed E-state index contributed by atoms with van der Waals surface area (Å²) in [6.07, 6.45) is 6.67. The second kappa shape index (κ2) is 6.49. The minimum Gasteiger partial charge on any atom is -0.288 e. The molecular formula is C13H14Br2N4O. The van der Waals surface area contributed by atoms with E-state index >= 15 is 0 Å². The van der Waals surface area contributed by atoms with Gasteiger partial charge in [-0.25, -0.2) is 0 Å². The zero-order chi connectivity index (χ0) is 14.7. The first-order valence-electron chi connectivity index (χ1n) is 6.23. The van der Waals surface area contributed by atoms with Crippen LogP contribution in [0.2, 0.25) is 0 Å². The number of carbonyl (C=O) groups is 1. The van der Waals surface area contributed by atoms with Crippen molar-refractivity contribution in [2.24, 2.45) is 0 Å². The standard InChI is InChI=1S/C13H14Br2N4O/c1-3-18-11(9(14)7-16-18)5-6-12(20)13-10(15)8-17-19(13)4-2/h5-8H,3-4H2,1-2H3/b6-5+. The van der Waals surface area contributed by atoms with E-state index in [2.05, 4.69) is 42.1 Å². The van der Waals surface area contributed by atoms with Crippen molar-refractivity contribution in [3.05, 3.63) is 38.8 Å². The Morgan fingerprint density at radius 3 is 2.40 bits per heavy atom. The normalized spacial score (nSPS) is 11.4. The molecule has 7 heteroatoms. The Bertz CT molecular complexity index is 657. The molecule has 0 spiro atoms. The summed E-state index contributed by atoms with van der Waals surface area (Å²) < 4.78 is 5.06. The quantitative estimate of drug-likeness (QED) is 0.568. The van der Waals surface area contributed by atoms with Gasteiger partial charge in [0.25, 0.3) is 0 Å². The van der Waals surface area contributed by atoms with E-state index in [0.717, 1.165) is 16.7 Å². The van der Waals surface area contributed by atoms with Crippen LogP contribution in [0.25, 0.3) is 6.08 Å². The van der Waals surface area contributed by atoms with Crippen molar-refractivity contribution in [3.63, 3.8) is 0 Å². The maximum absolute atomic E-state index is 12.3. The summed E-state index contributed by atoms with van der Waals surface area (Å²) in [5, 5.41) is 8.35. The number of rotatable bonds is 5. The number of allylic oxidation sites excluding steroid dienone is 1. The van der Waals surface area contributed by atoms with Crippen LogP contribution in [0.4, 0.5) is 0 Å². The van der Waals surface area contributed by atoms with Crippen molar-refractivity contribution in [3.8, 4) is 0 Å². The van der Waals surface area contributed by atoms with Crippen LogP contribution in [-0.4, -0.2) is 25.3 Å². The largest absolute Gasteiger partial charge is 0.288 e. The molecule has 0 aliphatic heterocycles. The maximum atomic E-state index is 12.3. The van der Waals surface area contributed by atoms with Crippen LogP contribution in [0.3, 0.4) is 0 Å². The molecule has 0 fully saturated rings. The number of ketones is 1. The molecule has 0 unspecified atom stereocenters. The predicted molar refractivity (Wildman–Crippen MR) is 84.6 cm³/mol. The molecule has 0 saturated carbocycles.